The molecule has 0 saturated heterocycles. The number of imidazole rings is 1. The zero-order chi connectivity index (χ0) is 20.4. The van der Waals surface area contributed by atoms with Crippen LogP contribution in [0.25, 0.3) is 11.0 Å². The van der Waals surface area contributed by atoms with Crippen LogP contribution in [0.15, 0.2) is 60.8 Å². The van der Waals surface area contributed by atoms with Crippen molar-refractivity contribution in [1.29, 1.82) is 0 Å². The first-order valence-corrected chi connectivity index (χ1v) is 9.02. The van der Waals surface area contributed by atoms with E-state index in [1.165, 1.54) is 12.1 Å². The van der Waals surface area contributed by atoms with Gasteiger partial charge in [0.2, 0.25) is 0 Å². The molecule has 29 heavy (non-hydrogen) atoms. The number of aromatic nitrogens is 3. The predicted molar refractivity (Wildman–Crippen MR) is 107 cm³/mol. The average Bonchev–Trinajstić information content (AvgIpc) is 3.04. The van der Waals surface area contributed by atoms with E-state index >= 15 is 0 Å². The van der Waals surface area contributed by atoms with Crippen molar-refractivity contribution in [3.05, 3.63) is 77.9 Å². The van der Waals surface area contributed by atoms with E-state index in [1.807, 2.05) is 48.9 Å². The number of ether oxygens (including phenoxy) is 2. The molecule has 2 aromatic heterocycles. The number of rotatable bonds is 6. The number of carboxylic acid groups (broad SMARTS) is 1. The molecule has 0 fully saturated rings. The summed E-state index contributed by atoms with van der Waals surface area (Å²) >= 11 is 0. The number of aromatic carboxylic acids is 1. The topological polar surface area (TPSA) is 86.5 Å². The van der Waals surface area contributed by atoms with Gasteiger partial charge in [-0.15, -0.1) is 0 Å². The van der Waals surface area contributed by atoms with Gasteiger partial charge in [0, 0.05) is 19.3 Å². The summed E-state index contributed by atoms with van der Waals surface area (Å²) in [6, 6.07) is 15.8. The largest absolute Gasteiger partial charge is 0.486 e. The summed E-state index contributed by atoms with van der Waals surface area (Å²) in [5, 5.41) is 9.09. The van der Waals surface area contributed by atoms with Crippen molar-refractivity contribution in [2.45, 2.75) is 13.5 Å². The number of hydrogen-bond donors (Lipinski definition) is 1. The second-order valence-electron chi connectivity index (χ2n) is 6.55. The Balaban J connectivity index is 1.55. The Morgan fingerprint density at radius 3 is 2.76 bits per heavy atom. The quantitative estimate of drug-likeness (QED) is 0.528. The highest BCUT2D eigenvalue weighted by Gasteiger charge is 2.11. The van der Waals surface area contributed by atoms with E-state index in [4.69, 9.17) is 14.6 Å². The van der Waals surface area contributed by atoms with Gasteiger partial charge in [-0.25, -0.2) is 9.78 Å². The van der Waals surface area contributed by atoms with E-state index in [1.54, 1.807) is 18.3 Å². The minimum absolute atomic E-state index is 0.181. The minimum atomic E-state index is -0.991. The molecule has 7 nitrogen and oxygen atoms in total. The zero-order valence-electron chi connectivity index (χ0n) is 16.0. The van der Waals surface area contributed by atoms with Gasteiger partial charge in [-0.05, 0) is 49.4 Å². The van der Waals surface area contributed by atoms with Crippen LogP contribution in [-0.4, -0.2) is 25.6 Å². The molecule has 0 saturated carbocycles. The van der Waals surface area contributed by atoms with Gasteiger partial charge in [-0.1, -0.05) is 6.07 Å². The Morgan fingerprint density at radius 1 is 1.10 bits per heavy atom. The van der Waals surface area contributed by atoms with Crippen molar-refractivity contribution < 1.29 is 19.4 Å². The van der Waals surface area contributed by atoms with Crippen LogP contribution < -0.4 is 9.47 Å². The number of carbonyl (C=O) groups is 1. The van der Waals surface area contributed by atoms with Crippen molar-refractivity contribution in [2.75, 3.05) is 0 Å². The van der Waals surface area contributed by atoms with E-state index in [2.05, 4.69) is 9.97 Å². The Morgan fingerprint density at radius 2 is 1.97 bits per heavy atom. The minimum Gasteiger partial charge on any atom is -0.486 e. The molecule has 0 amide bonds. The maximum atomic E-state index is 11.1. The molecular formula is C22H19N3O4. The van der Waals surface area contributed by atoms with Gasteiger partial charge in [0.1, 0.15) is 29.7 Å². The maximum absolute atomic E-state index is 11.1. The number of hydrogen-bond acceptors (Lipinski definition) is 5. The van der Waals surface area contributed by atoms with Crippen LogP contribution in [0.4, 0.5) is 0 Å². The summed E-state index contributed by atoms with van der Waals surface area (Å²) in [4.78, 5) is 19.9. The van der Waals surface area contributed by atoms with Crippen LogP contribution in [-0.2, 0) is 13.7 Å². The lowest BCUT2D eigenvalue weighted by atomic mass is 10.2. The molecule has 0 radical (unpaired) electrons. The molecule has 0 bridgehead atoms. The molecule has 0 aliphatic carbocycles. The van der Waals surface area contributed by atoms with Gasteiger partial charge in [0.15, 0.2) is 0 Å². The molecule has 1 N–H and O–H groups in total. The van der Waals surface area contributed by atoms with Crippen LogP contribution >= 0.6 is 0 Å². The fourth-order valence-electron chi connectivity index (χ4n) is 2.98. The molecule has 0 spiro atoms. The third-order valence-corrected chi connectivity index (χ3v) is 4.58. The molecule has 0 unspecified atom stereocenters. The Hall–Kier alpha value is -3.87. The Labute approximate surface area is 167 Å². The predicted octanol–water partition coefficient (Wildman–Crippen LogP) is 4.35. The number of benzene rings is 2. The summed E-state index contributed by atoms with van der Waals surface area (Å²) in [5.74, 6) is 1.60. The van der Waals surface area contributed by atoms with Gasteiger partial charge in [0.05, 0.1) is 22.3 Å². The number of aryl methyl sites for hydroxylation is 2. The zero-order valence-corrected chi connectivity index (χ0v) is 16.0. The third kappa shape index (κ3) is 3.89. The van der Waals surface area contributed by atoms with Crippen LogP contribution in [0.1, 0.15) is 21.9 Å². The molecule has 0 aliphatic heterocycles. The molecule has 4 aromatic rings. The number of carboxylic acids is 1. The van der Waals surface area contributed by atoms with Gasteiger partial charge in [-0.2, -0.15) is 0 Å². The summed E-state index contributed by atoms with van der Waals surface area (Å²) in [7, 11) is 1.90. The standard InChI is InChI=1S/C22H19N3O4/c1-14-20(7-4-10-23-14)29-17-8-9-18-19(12-17)25(2)21(24-18)13-28-16-6-3-5-15(11-16)22(26)27/h3-12H,13H2,1-2H3,(H,26,27). The van der Waals surface area contributed by atoms with Gasteiger partial charge in [-0.3, -0.25) is 4.98 Å². The molecule has 0 aliphatic rings. The monoisotopic (exact) mass is 389 g/mol. The van der Waals surface area contributed by atoms with E-state index in [-0.39, 0.29) is 12.2 Å². The second kappa shape index (κ2) is 7.63. The van der Waals surface area contributed by atoms with Crippen molar-refractivity contribution >= 4 is 17.0 Å². The van der Waals surface area contributed by atoms with Gasteiger partial charge >= 0.3 is 5.97 Å². The molecular weight excluding hydrogens is 370 g/mol. The molecule has 4 rings (SSSR count). The fourth-order valence-corrected chi connectivity index (χ4v) is 2.98. The lowest BCUT2D eigenvalue weighted by Gasteiger charge is -2.08. The van der Waals surface area contributed by atoms with Crippen LogP contribution in [0.5, 0.6) is 17.2 Å². The van der Waals surface area contributed by atoms with Crippen molar-refractivity contribution in [2.24, 2.45) is 7.05 Å². The summed E-state index contributed by atoms with van der Waals surface area (Å²) < 4.78 is 13.6. The number of nitrogens with zero attached hydrogens (tertiary/aromatic N) is 3. The SMILES string of the molecule is Cc1ncccc1Oc1ccc2nc(COc3cccc(C(=O)O)c3)n(C)c2c1. The van der Waals surface area contributed by atoms with E-state index in [0.717, 1.165) is 22.6 Å². The van der Waals surface area contributed by atoms with Gasteiger partial charge < -0.3 is 19.1 Å². The highest BCUT2D eigenvalue weighted by molar-refractivity contribution is 5.88. The lowest BCUT2D eigenvalue weighted by Crippen LogP contribution is -2.04. The van der Waals surface area contributed by atoms with Crippen LogP contribution in [0.3, 0.4) is 0 Å². The van der Waals surface area contributed by atoms with Crippen molar-refractivity contribution in [3.63, 3.8) is 0 Å². The number of fused-ring (bicyclic) bond motifs is 1. The van der Waals surface area contributed by atoms with E-state index in [0.29, 0.717) is 17.2 Å². The third-order valence-electron chi connectivity index (χ3n) is 4.58. The molecule has 0 atom stereocenters. The first-order chi connectivity index (χ1) is 14.0. The Kier molecular flexibility index (Phi) is 4.87. The molecule has 7 heteroatoms. The molecule has 2 heterocycles. The number of pyridine rings is 1. The second-order valence-corrected chi connectivity index (χ2v) is 6.55. The summed E-state index contributed by atoms with van der Waals surface area (Å²) in [5.41, 5.74) is 2.72. The smallest absolute Gasteiger partial charge is 0.335 e. The summed E-state index contributed by atoms with van der Waals surface area (Å²) in [6.07, 6.45) is 1.73. The maximum Gasteiger partial charge on any atom is 0.335 e. The van der Waals surface area contributed by atoms with E-state index < -0.39 is 5.97 Å². The normalized spacial score (nSPS) is 10.8. The van der Waals surface area contributed by atoms with Crippen molar-refractivity contribution in [3.8, 4) is 17.2 Å². The van der Waals surface area contributed by atoms with Crippen LogP contribution in [0, 0.1) is 6.92 Å². The summed E-state index contributed by atoms with van der Waals surface area (Å²) in [6.45, 7) is 2.11. The lowest BCUT2D eigenvalue weighted by molar-refractivity contribution is 0.0696. The van der Waals surface area contributed by atoms with E-state index in [9.17, 15) is 4.79 Å². The molecule has 2 aromatic carbocycles. The fraction of sp³-hybridized carbons (Fsp3) is 0.136. The highest BCUT2D eigenvalue weighted by Crippen LogP contribution is 2.27. The Bertz CT molecular complexity index is 1200. The van der Waals surface area contributed by atoms with Crippen LogP contribution in [0.2, 0.25) is 0 Å². The van der Waals surface area contributed by atoms with Gasteiger partial charge in [0.25, 0.3) is 0 Å². The van der Waals surface area contributed by atoms with Crippen molar-refractivity contribution in [1.82, 2.24) is 14.5 Å². The average molecular weight is 389 g/mol. The first kappa shape index (κ1) is 18.5. The molecule has 146 valence electrons. The highest BCUT2D eigenvalue weighted by atomic mass is 16.5. The first-order valence-electron chi connectivity index (χ1n) is 9.02.